The van der Waals surface area contributed by atoms with Crippen molar-refractivity contribution in [3.05, 3.63) is 46.2 Å². The van der Waals surface area contributed by atoms with Gasteiger partial charge in [-0.15, -0.1) is 0 Å². The Labute approximate surface area is 103 Å². The van der Waals surface area contributed by atoms with Crippen LogP contribution in [0.25, 0.3) is 0 Å². The molecule has 3 nitrogen and oxygen atoms in total. The van der Waals surface area contributed by atoms with Crippen molar-refractivity contribution in [1.29, 1.82) is 0 Å². The molecule has 2 rings (SSSR count). The van der Waals surface area contributed by atoms with Crippen molar-refractivity contribution in [2.24, 2.45) is 0 Å². The Bertz CT molecular complexity index is 461. The van der Waals surface area contributed by atoms with Crippen LogP contribution in [0.2, 0.25) is 0 Å². The highest BCUT2D eigenvalue weighted by Gasteiger charge is 2.20. The van der Waals surface area contributed by atoms with E-state index in [1.807, 2.05) is 25.2 Å². The van der Waals surface area contributed by atoms with E-state index in [1.54, 1.807) is 6.26 Å². The van der Waals surface area contributed by atoms with Gasteiger partial charge in [0.25, 0.3) is 0 Å². The Morgan fingerprint density at radius 1 is 1.38 bits per heavy atom. The lowest BCUT2D eigenvalue weighted by Gasteiger charge is -2.13. The Morgan fingerprint density at radius 3 is 2.75 bits per heavy atom. The Kier molecular flexibility index (Phi) is 3.51. The standard InChI is InChI=1S/C12H14BrNO2/c1-3-9-8(6-7-15-9)12(14-2)10-4-5-11(13)16-10/h4-7,12,14H,3H2,1-2H3. The summed E-state index contributed by atoms with van der Waals surface area (Å²) in [6, 6.07) is 5.87. The van der Waals surface area contributed by atoms with Crippen molar-refractivity contribution in [2.75, 3.05) is 7.05 Å². The molecule has 0 aliphatic heterocycles. The number of halogens is 1. The van der Waals surface area contributed by atoms with Gasteiger partial charge in [0.15, 0.2) is 4.67 Å². The summed E-state index contributed by atoms with van der Waals surface area (Å²) in [6.45, 7) is 2.08. The molecule has 86 valence electrons. The van der Waals surface area contributed by atoms with Gasteiger partial charge in [-0.2, -0.15) is 0 Å². The van der Waals surface area contributed by atoms with Crippen LogP contribution in [0.1, 0.15) is 30.0 Å². The van der Waals surface area contributed by atoms with Gasteiger partial charge < -0.3 is 14.2 Å². The third-order valence-corrected chi connectivity index (χ3v) is 3.01. The third-order valence-electron chi connectivity index (χ3n) is 2.58. The second-order valence-electron chi connectivity index (χ2n) is 3.52. The summed E-state index contributed by atoms with van der Waals surface area (Å²) in [4.78, 5) is 0. The highest BCUT2D eigenvalue weighted by molar-refractivity contribution is 9.10. The Hall–Kier alpha value is -1.000. The second kappa shape index (κ2) is 4.89. The lowest BCUT2D eigenvalue weighted by Crippen LogP contribution is -2.17. The maximum Gasteiger partial charge on any atom is 0.169 e. The van der Waals surface area contributed by atoms with Gasteiger partial charge in [0.2, 0.25) is 0 Å². The molecule has 0 aliphatic rings. The quantitative estimate of drug-likeness (QED) is 0.933. The predicted molar refractivity (Wildman–Crippen MR) is 65.4 cm³/mol. The van der Waals surface area contributed by atoms with E-state index in [-0.39, 0.29) is 6.04 Å². The van der Waals surface area contributed by atoms with Gasteiger partial charge in [-0.1, -0.05) is 6.92 Å². The first kappa shape index (κ1) is 11.5. The van der Waals surface area contributed by atoms with Gasteiger partial charge in [-0.3, -0.25) is 0 Å². The smallest absolute Gasteiger partial charge is 0.169 e. The molecule has 0 aromatic carbocycles. The number of aryl methyl sites for hydroxylation is 1. The molecule has 0 amide bonds. The summed E-state index contributed by atoms with van der Waals surface area (Å²) in [5.41, 5.74) is 1.13. The molecule has 0 radical (unpaired) electrons. The van der Waals surface area contributed by atoms with Crippen molar-refractivity contribution >= 4 is 15.9 Å². The molecule has 2 aromatic rings. The first-order valence-corrected chi connectivity index (χ1v) is 6.04. The lowest BCUT2D eigenvalue weighted by atomic mass is 10.0. The van der Waals surface area contributed by atoms with Crippen LogP contribution in [-0.4, -0.2) is 7.05 Å². The summed E-state index contributed by atoms with van der Waals surface area (Å²) in [5, 5.41) is 3.23. The molecule has 0 saturated heterocycles. The summed E-state index contributed by atoms with van der Waals surface area (Å²) in [7, 11) is 1.91. The summed E-state index contributed by atoms with van der Waals surface area (Å²) < 4.78 is 11.7. The Morgan fingerprint density at radius 2 is 2.19 bits per heavy atom. The molecule has 4 heteroatoms. The van der Waals surface area contributed by atoms with Crippen LogP contribution in [0.4, 0.5) is 0 Å². The molecule has 0 aliphatic carbocycles. The fourth-order valence-electron chi connectivity index (χ4n) is 1.83. The summed E-state index contributed by atoms with van der Waals surface area (Å²) in [6.07, 6.45) is 2.60. The minimum absolute atomic E-state index is 0.0417. The number of hydrogen-bond donors (Lipinski definition) is 1. The van der Waals surface area contributed by atoms with E-state index in [9.17, 15) is 0 Å². The molecule has 0 bridgehead atoms. The zero-order chi connectivity index (χ0) is 11.5. The van der Waals surface area contributed by atoms with Gasteiger partial charge in [0, 0.05) is 12.0 Å². The van der Waals surface area contributed by atoms with E-state index in [4.69, 9.17) is 8.83 Å². The highest BCUT2D eigenvalue weighted by atomic mass is 79.9. The van der Waals surface area contributed by atoms with Crippen LogP contribution in [0, 0.1) is 0 Å². The van der Waals surface area contributed by atoms with E-state index < -0.39 is 0 Å². The van der Waals surface area contributed by atoms with Crippen molar-refractivity contribution in [3.63, 3.8) is 0 Å². The van der Waals surface area contributed by atoms with Crippen LogP contribution in [0.15, 0.2) is 38.0 Å². The second-order valence-corrected chi connectivity index (χ2v) is 4.30. The Balaban J connectivity index is 2.36. The number of nitrogens with one attached hydrogen (secondary N) is 1. The zero-order valence-electron chi connectivity index (χ0n) is 9.29. The maximum absolute atomic E-state index is 5.57. The number of hydrogen-bond acceptors (Lipinski definition) is 3. The third kappa shape index (κ3) is 2.08. The molecule has 16 heavy (non-hydrogen) atoms. The lowest BCUT2D eigenvalue weighted by molar-refractivity contribution is 0.438. The van der Waals surface area contributed by atoms with Crippen LogP contribution in [0.5, 0.6) is 0 Å². The van der Waals surface area contributed by atoms with E-state index in [0.717, 1.165) is 28.2 Å². The molecule has 2 aromatic heterocycles. The fraction of sp³-hybridized carbons (Fsp3) is 0.333. The molecule has 0 spiro atoms. The minimum atomic E-state index is 0.0417. The monoisotopic (exact) mass is 283 g/mol. The first-order valence-electron chi connectivity index (χ1n) is 5.25. The van der Waals surface area contributed by atoms with Crippen LogP contribution < -0.4 is 5.32 Å². The fourth-order valence-corrected chi connectivity index (χ4v) is 2.15. The molecule has 1 N–H and O–H groups in total. The van der Waals surface area contributed by atoms with E-state index in [2.05, 4.69) is 28.2 Å². The predicted octanol–water partition coefficient (Wildman–Crippen LogP) is 3.51. The molecular weight excluding hydrogens is 270 g/mol. The normalized spacial score (nSPS) is 12.9. The van der Waals surface area contributed by atoms with Gasteiger partial charge in [-0.25, -0.2) is 0 Å². The number of rotatable bonds is 4. The van der Waals surface area contributed by atoms with Crippen molar-refractivity contribution in [1.82, 2.24) is 5.32 Å². The number of furan rings is 2. The largest absolute Gasteiger partial charge is 0.469 e. The van der Waals surface area contributed by atoms with Gasteiger partial charge >= 0.3 is 0 Å². The average molecular weight is 284 g/mol. The molecule has 1 atom stereocenters. The molecular formula is C12H14BrNO2. The maximum atomic E-state index is 5.57. The van der Waals surface area contributed by atoms with Gasteiger partial charge in [0.1, 0.15) is 11.5 Å². The van der Waals surface area contributed by atoms with Gasteiger partial charge in [0.05, 0.1) is 12.3 Å². The van der Waals surface area contributed by atoms with Crippen LogP contribution in [0.3, 0.4) is 0 Å². The molecule has 2 heterocycles. The molecule has 0 saturated carbocycles. The van der Waals surface area contributed by atoms with E-state index in [0.29, 0.717) is 0 Å². The van der Waals surface area contributed by atoms with Crippen molar-refractivity contribution in [2.45, 2.75) is 19.4 Å². The topological polar surface area (TPSA) is 38.3 Å². The average Bonchev–Trinajstić information content (AvgIpc) is 2.89. The molecule has 0 fully saturated rings. The van der Waals surface area contributed by atoms with Crippen molar-refractivity contribution < 1.29 is 8.83 Å². The van der Waals surface area contributed by atoms with Crippen LogP contribution >= 0.6 is 15.9 Å². The SMILES string of the molecule is CCc1occc1C(NC)c1ccc(Br)o1. The van der Waals surface area contributed by atoms with E-state index in [1.165, 1.54) is 0 Å². The van der Waals surface area contributed by atoms with E-state index >= 15 is 0 Å². The van der Waals surface area contributed by atoms with Crippen molar-refractivity contribution in [3.8, 4) is 0 Å². The van der Waals surface area contributed by atoms with Gasteiger partial charge in [-0.05, 0) is 41.2 Å². The summed E-state index contributed by atoms with van der Waals surface area (Å²) in [5.74, 6) is 1.87. The summed E-state index contributed by atoms with van der Waals surface area (Å²) >= 11 is 3.31. The first-order chi connectivity index (χ1) is 7.76. The zero-order valence-corrected chi connectivity index (χ0v) is 10.9. The minimum Gasteiger partial charge on any atom is -0.469 e. The molecule has 1 unspecified atom stereocenters. The van der Waals surface area contributed by atoms with Crippen LogP contribution in [-0.2, 0) is 6.42 Å². The highest BCUT2D eigenvalue weighted by Crippen LogP contribution is 2.28.